The molecule has 1 aromatic carbocycles. The van der Waals surface area contributed by atoms with Gasteiger partial charge in [-0.25, -0.2) is 4.39 Å². The minimum atomic E-state index is -0.319. The molecule has 3 nitrogen and oxygen atoms in total. The minimum absolute atomic E-state index is 0.00662. The molecule has 106 valence electrons. The summed E-state index contributed by atoms with van der Waals surface area (Å²) in [4.78, 5) is 0. The van der Waals surface area contributed by atoms with Crippen LogP contribution in [0.1, 0.15) is 30.9 Å². The van der Waals surface area contributed by atoms with Crippen LogP contribution in [0.5, 0.6) is 5.75 Å². The third-order valence-electron chi connectivity index (χ3n) is 3.51. The largest absolute Gasteiger partial charge is 0.496 e. The van der Waals surface area contributed by atoms with Crippen molar-refractivity contribution >= 4 is 15.9 Å². The number of ether oxygens (including phenoxy) is 2. The van der Waals surface area contributed by atoms with Crippen molar-refractivity contribution in [2.75, 3.05) is 20.8 Å². The number of nitrogens with one attached hydrogen (secondary N) is 1. The van der Waals surface area contributed by atoms with Crippen LogP contribution in [-0.4, -0.2) is 26.9 Å². The molecule has 0 saturated carbocycles. The van der Waals surface area contributed by atoms with E-state index in [2.05, 4.69) is 21.2 Å². The van der Waals surface area contributed by atoms with Gasteiger partial charge in [0.15, 0.2) is 0 Å². The molecule has 2 unspecified atom stereocenters. The van der Waals surface area contributed by atoms with Crippen LogP contribution in [0.25, 0.3) is 0 Å². The van der Waals surface area contributed by atoms with E-state index in [1.54, 1.807) is 13.2 Å². The summed E-state index contributed by atoms with van der Waals surface area (Å²) in [6.07, 6.45) is 3.37. The molecule has 1 fully saturated rings. The van der Waals surface area contributed by atoms with Gasteiger partial charge in [0.1, 0.15) is 11.6 Å². The van der Waals surface area contributed by atoms with Gasteiger partial charge in [0.05, 0.1) is 23.7 Å². The van der Waals surface area contributed by atoms with Crippen LogP contribution in [-0.2, 0) is 4.74 Å². The van der Waals surface area contributed by atoms with Crippen molar-refractivity contribution in [1.29, 1.82) is 0 Å². The fourth-order valence-electron chi connectivity index (χ4n) is 2.53. The maximum atomic E-state index is 13.6. The van der Waals surface area contributed by atoms with Gasteiger partial charge in [-0.2, -0.15) is 0 Å². The van der Waals surface area contributed by atoms with Crippen molar-refractivity contribution in [2.45, 2.75) is 31.4 Å². The average Bonchev–Trinajstić information content (AvgIpc) is 2.44. The van der Waals surface area contributed by atoms with E-state index in [9.17, 15) is 4.39 Å². The third-order valence-corrected chi connectivity index (χ3v) is 4.11. The van der Waals surface area contributed by atoms with Crippen LogP contribution in [0.15, 0.2) is 16.6 Å². The van der Waals surface area contributed by atoms with Crippen LogP contribution in [0.2, 0.25) is 0 Å². The number of halogens is 2. The molecule has 1 aliphatic heterocycles. The predicted molar refractivity (Wildman–Crippen MR) is 76.0 cm³/mol. The molecule has 0 spiro atoms. The fraction of sp³-hybridized carbons (Fsp3) is 0.571. The Hall–Kier alpha value is -0.650. The molecule has 19 heavy (non-hydrogen) atoms. The highest BCUT2D eigenvalue weighted by Gasteiger charge is 2.27. The van der Waals surface area contributed by atoms with E-state index in [0.717, 1.165) is 31.4 Å². The van der Waals surface area contributed by atoms with Crippen LogP contribution in [0.4, 0.5) is 4.39 Å². The Morgan fingerprint density at radius 3 is 2.84 bits per heavy atom. The van der Waals surface area contributed by atoms with Gasteiger partial charge in [0.2, 0.25) is 0 Å². The van der Waals surface area contributed by atoms with Crippen molar-refractivity contribution in [2.24, 2.45) is 0 Å². The number of rotatable bonds is 4. The van der Waals surface area contributed by atoms with Crippen molar-refractivity contribution in [3.05, 3.63) is 28.0 Å². The molecule has 1 heterocycles. The lowest BCUT2D eigenvalue weighted by Crippen LogP contribution is -2.34. The van der Waals surface area contributed by atoms with Gasteiger partial charge in [-0.1, -0.05) is 0 Å². The molecule has 0 aromatic heterocycles. The first-order valence-corrected chi connectivity index (χ1v) is 7.28. The van der Waals surface area contributed by atoms with Gasteiger partial charge < -0.3 is 14.8 Å². The second-order valence-electron chi connectivity index (χ2n) is 4.68. The van der Waals surface area contributed by atoms with E-state index < -0.39 is 0 Å². The smallest absolute Gasteiger partial charge is 0.141 e. The third kappa shape index (κ3) is 3.27. The molecule has 1 aromatic rings. The lowest BCUT2D eigenvalue weighted by Gasteiger charge is -2.31. The molecule has 1 saturated heterocycles. The molecular weight excluding hydrogens is 313 g/mol. The van der Waals surface area contributed by atoms with Crippen LogP contribution < -0.4 is 10.1 Å². The molecular formula is C14H19BrFNO2. The molecule has 0 amide bonds. The zero-order valence-electron chi connectivity index (χ0n) is 11.2. The highest BCUT2D eigenvalue weighted by molar-refractivity contribution is 9.10. The van der Waals surface area contributed by atoms with Gasteiger partial charge in [-0.3, -0.25) is 0 Å². The Balaban J connectivity index is 2.33. The number of hydrogen-bond donors (Lipinski definition) is 1. The quantitative estimate of drug-likeness (QED) is 0.916. The lowest BCUT2D eigenvalue weighted by molar-refractivity contribution is -0.00708. The maximum absolute atomic E-state index is 13.6. The summed E-state index contributed by atoms with van der Waals surface area (Å²) >= 11 is 3.23. The summed E-state index contributed by atoms with van der Waals surface area (Å²) < 4.78 is 25.1. The van der Waals surface area contributed by atoms with Crippen LogP contribution >= 0.6 is 15.9 Å². The van der Waals surface area contributed by atoms with Crippen molar-refractivity contribution < 1.29 is 13.9 Å². The first-order chi connectivity index (χ1) is 9.17. The Morgan fingerprint density at radius 2 is 2.26 bits per heavy atom. The summed E-state index contributed by atoms with van der Waals surface area (Å²) in [5.74, 6) is 0.231. The number of methoxy groups -OCH3 is 1. The predicted octanol–water partition coefficient (Wildman–Crippen LogP) is 3.43. The fourth-order valence-corrected chi connectivity index (χ4v) is 2.90. The Kier molecular flexibility index (Phi) is 5.19. The molecule has 0 aliphatic carbocycles. The van der Waals surface area contributed by atoms with Crippen LogP contribution in [0, 0.1) is 5.82 Å². The summed E-state index contributed by atoms with van der Waals surface area (Å²) in [5.41, 5.74) is 0.921. The highest BCUT2D eigenvalue weighted by Crippen LogP contribution is 2.35. The summed E-state index contributed by atoms with van der Waals surface area (Å²) in [5, 5.41) is 3.26. The molecule has 2 rings (SSSR count). The first-order valence-electron chi connectivity index (χ1n) is 6.49. The van der Waals surface area contributed by atoms with Crippen LogP contribution in [0.3, 0.4) is 0 Å². The summed E-state index contributed by atoms with van der Waals surface area (Å²) in [6, 6.07) is 3.19. The molecule has 0 radical (unpaired) electrons. The monoisotopic (exact) mass is 331 g/mol. The van der Waals surface area contributed by atoms with Gasteiger partial charge in [-0.05, 0) is 48.3 Å². The SMILES string of the molecule is CNC(c1cc(Br)c(F)cc1OC)C1CCCCO1. The van der Waals surface area contributed by atoms with Gasteiger partial charge >= 0.3 is 0 Å². The average molecular weight is 332 g/mol. The highest BCUT2D eigenvalue weighted by atomic mass is 79.9. The Morgan fingerprint density at radius 1 is 1.47 bits per heavy atom. The minimum Gasteiger partial charge on any atom is -0.496 e. The van der Waals surface area contributed by atoms with E-state index >= 15 is 0 Å². The second kappa shape index (κ2) is 6.68. The van der Waals surface area contributed by atoms with Crippen molar-refractivity contribution in [1.82, 2.24) is 5.32 Å². The Bertz CT molecular complexity index is 436. The first kappa shape index (κ1) is 14.8. The number of likely N-dealkylation sites (N-methyl/N-ethyl adjacent to an activating group) is 1. The zero-order chi connectivity index (χ0) is 13.8. The normalized spacial score (nSPS) is 21.2. The lowest BCUT2D eigenvalue weighted by atomic mass is 9.95. The van der Waals surface area contributed by atoms with E-state index in [1.807, 2.05) is 7.05 Å². The zero-order valence-corrected chi connectivity index (χ0v) is 12.8. The van der Waals surface area contributed by atoms with E-state index in [0.29, 0.717) is 10.2 Å². The van der Waals surface area contributed by atoms with Gasteiger partial charge in [0, 0.05) is 18.2 Å². The molecule has 5 heteroatoms. The molecule has 0 bridgehead atoms. The number of hydrogen-bond acceptors (Lipinski definition) is 3. The van der Waals surface area contributed by atoms with Crippen molar-refractivity contribution in [3.63, 3.8) is 0 Å². The van der Waals surface area contributed by atoms with E-state index in [1.165, 1.54) is 6.07 Å². The van der Waals surface area contributed by atoms with E-state index in [-0.39, 0.29) is 18.0 Å². The Labute approximate surface area is 121 Å². The summed E-state index contributed by atoms with van der Waals surface area (Å²) in [7, 11) is 3.44. The van der Waals surface area contributed by atoms with E-state index in [4.69, 9.17) is 9.47 Å². The maximum Gasteiger partial charge on any atom is 0.141 e. The molecule has 1 N–H and O–H groups in total. The topological polar surface area (TPSA) is 30.5 Å². The van der Waals surface area contributed by atoms with Gasteiger partial charge in [-0.15, -0.1) is 0 Å². The molecule has 1 aliphatic rings. The van der Waals surface area contributed by atoms with Crippen molar-refractivity contribution in [3.8, 4) is 5.75 Å². The molecule has 2 atom stereocenters. The van der Waals surface area contributed by atoms with Gasteiger partial charge in [0.25, 0.3) is 0 Å². The second-order valence-corrected chi connectivity index (χ2v) is 5.53. The summed E-state index contributed by atoms with van der Waals surface area (Å²) in [6.45, 7) is 0.785. The standard InChI is InChI=1S/C14H19BrFNO2/c1-17-14(12-5-3-4-6-19-12)9-7-10(15)11(16)8-13(9)18-2/h7-8,12,14,17H,3-6H2,1-2H3. The number of benzene rings is 1.